The van der Waals surface area contributed by atoms with Crippen molar-refractivity contribution in [2.24, 2.45) is 0 Å². The van der Waals surface area contributed by atoms with E-state index in [1.54, 1.807) is 12.3 Å². The van der Waals surface area contributed by atoms with Gasteiger partial charge in [0, 0.05) is 21.5 Å². The first-order valence-corrected chi connectivity index (χ1v) is 8.79. The molecule has 4 rings (SSSR count). The molecule has 0 aliphatic carbocycles. The molecule has 0 unspecified atom stereocenters. The maximum atomic E-state index is 12.9. The lowest BCUT2D eigenvalue weighted by atomic mass is 9.96. The zero-order chi connectivity index (χ0) is 18.3. The van der Waals surface area contributed by atoms with Crippen LogP contribution < -0.4 is 5.56 Å². The molecule has 0 aliphatic heterocycles. The molecule has 1 N–H and O–H groups in total. The van der Waals surface area contributed by atoms with E-state index in [0.717, 1.165) is 27.7 Å². The number of oxazole rings is 1. The van der Waals surface area contributed by atoms with Crippen LogP contribution in [0, 0.1) is 0 Å². The van der Waals surface area contributed by atoms with Crippen molar-refractivity contribution in [1.82, 2.24) is 9.97 Å². The van der Waals surface area contributed by atoms with Gasteiger partial charge in [0.1, 0.15) is 11.8 Å². The predicted octanol–water partition coefficient (Wildman–Crippen LogP) is 5.63. The molecule has 0 spiro atoms. The monoisotopic (exact) mass is 364 g/mol. The van der Waals surface area contributed by atoms with Gasteiger partial charge in [-0.1, -0.05) is 55.8 Å². The minimum absolute atomic E-state index is 0.210. The Bertz CT molecular complexity index is 1140. The van der Waals surface area contributed by atoms with Crippen LogP contribution in [0.2, 0.25) is 5.02 Å². The van der Waals surface area contributed by atoms with Crippen LogP contribution in [-0.2, 0) is 0 Å². The number of hydrogen-bond donors (Lipinski definition) is 1. The second kappa shape index (κ2) is 6.46. The maximum absolute atomic E-state index is 12.9. The van der Waals surface area contributed by atoms with Crippen molar-refractivity contribution < 1.29 is 4.42 Å². The van der Waals surface area contributed by atoms with Crippen LogP contribution in [0.3, 0.4) is 0 Å². The number of benzene rings is 2. The smallest absolute Gasteiger partial charge is 0.261 e. The molecule has 0 saturated carbocycles. The number of H-pyrrole nitrogens is 1. The molecule has 2 aromatic heterocycles. The van der Waals surface area contributed by atoms with Crippen LogP contribution in [0.15, 0.2) is 64.0 Å². The third-order valence-corrected chi connectivity index (χ3v) is 4.60. The summed E-state index contributed by atoms with van der Waals surface area (Å²) in [5.41, 5.74) is 3.38. The van der Waals surface area contributed by atoms with E-state index in [1.165, 1.54) is 0 Å². The molecular formula is C21H17ClN2O2. The lowest BCUT2D eigenvalue weighted by Crippen LogP contribution is -2.11. The van der Waals surface area contributed by atoms with Crippen LogP contribution in [0.5, 0.6) is 0 Å². The van der Waals surface area contributed by atoms with Crippen LogP contribution in [0.4, 0.5) is 0 Å². The zero-order valence-corrected chi connectivity index (χ0v) is 15.2. The summed E-state index contributed by atoms with van der Waals surface area (Å²) < 4.78 is 5.67. The molecule has 0 amide bonds. The summed E-state index contributed by atoms with van der Waals surface area (Å²) in [6.45, 7) is 4.06. The number of nitrogens with one attached hydrogen (secondary N) is 1. The summed E-state index contributed by atoms with van der Waals surface area (Å²) in [7, 11) is 0. The van der Waals surface area contributed by atoms with Gasteiger partial charge >= 0.3 is 0 Å². The van der Waals surface area contributed by atoms with E-state index in [9.17, 15) is 4.79 Å². The Hall–Kier alpha value is -2.85. The number of pyridine rings is 1. The van der Waals surface area contributed by atoms with Crippen LogP contribution in [-0.4, -0.2) is 9.97 Å². The maximum Gasteiger partial charge on any atom is 0.261 e. The first-order valence-electron chi connectivity index (χ1n) is 8.41. The lowest BCUT2D eigenvalue weighted by Gasteiger charge is -2.11. The highest BCUT2D eigenvalue weighted by Crippen LogP contribution is 2.36. The van der Waals surface area contributed by atoms with Gasteiger partial charge in [-0.25, -0.2) is 4.98 Å². The van der Waals surface area contributed by atoms with Gasteiger partial charge in [0.25, 0.3) is 5.56 Å². The quantitative estimate of drug-likeness (QED) is 0.512. The summed E-state index contributed by atoms with van der Waals surface area (Å²) >= 11 is 6.23. The molecule has 2 heterocycles. The number of nitrogens with zero attached hydrogens (tertiary/aromatic N) is 1. The second-order valence-electron chi connectivity index (χ2n) is 6.49. The number of halogens is 1. The molecule has 4 nitrogen and oxygen atoms in total. The van der Waals surface area contributed by atoms with Gasteiger partial charge < -0.3 is 9.40 Å². The topological polar surface area (TPSA) is 58.9 Å². The van der Waals surface area contributed by atoms with E-state index in [-0.39, 0.29) is 11.5 Å². The fraction of sp³-hybridized carbons (Fsp3) is 0.143. The lowest BCUT2D eigenvalue weighted by molar-refractivity contribution is 0.570. The van der Waals surface area contributed by atoms with E-state index in [0.29, 0.717) is 16.5 Å². The minimum atomic E-state index is -0.240. The fourth-order valence-corrected chi connectivity index (χ4v) is 3.21. The number of aromatic amines is 1. The number of fused-ring (bicyclic) bond motifs is 1. The molecule has 5 heteroatoms. The number of aromatic nitrogens is 2. The van der Waals surface area contributed by atoms with Crippen molar-refractivity contribution >= 4 is 22.5 Å². The van der Waals surface area contributed by atoms with E-state index in [2.05, 4.69) is 9.97 Å². The largest absolute Gasteiger partial charge is 0.444 e. The van der Waals surface area contributed by atoms with E-state index in [4.69, 9.17) is 16.0 Å². The van der Waals surface area contributed by atoms with Gasteiger partial charge in [-0.15, -0.1) is 0 Å². The zero-order valence-electron chi connectivity index (χ0n) is 14.4. The highest BCUT2D eigenvalue weighted by molar-refractivity contribution is 6.31. The summed E-state index contributed by atoms with van der Waals surface area (Å²) in [6, 6.07) is 15.2. The Morgan fingerprint density at radius 3 is 2.54 bits per heavy atom. The van der Waals surface area contributed by atoms with Crippen LogP contribution in [0.1, 0.15) is 25.5 Å². The molecule has 0 aliphatic rings. The Kier molecular flexibility index (Phi) is 4.13. The van der Waals surface area contributed by atoms with Crippen molar-refractivity contribution in [3.63, 3.8) is 0 Å². The molecule has 0 saturated heterocycles. The number of hydrogen-bond acceptors (Lipinski definition) is 3. The normalized spacial score (nSPS) is 11.4. The molecule has 0 fully saturated rings. The highest BCUT2D eigenvalue weighted by atomic mass is 35.5. The molecule has 0 bridgehead atoms. The average molecular weight is 365 g/mol. The average Bonchev–Trinajstić information content (AvgIpc) is 3.12. The predicted molar refractivity (Wildman–Crippen MR) is 105 cm³/mol. The summed E-state index contributed by atoms with van der Waals surface area (Å²) in [5.74, 6) is 0.525. The molecule has 130 valence electrons. The van der Waals surface area contributed by atoms with Crippen molar-refractivity contribution in [2.75, 3.05) is 0 Å². The highest BCUT2D eigenvalue weighted by Gasteiger charge is 2.21. The van der Waals surface area contributed by atoms with E-state index >= 15 is 0 Å². The summed E-state index contributed by atoms with van der Waals surface area (Å²) in [4.78, 5) is 20.4. The van der Waals surface area contributed by atoms with Gasteiger partial charge in [-0.2, -0.15) is 0 Å². The molecule has 26 heavy (non-hydrogen) atoms. The minimum Gasteiger partial charge on any atom is -0.444 e. The Labute approximate surface area is 155 Å². The van der Waals surface area contributed by atoms with Crippen LogP contribution in [0.25, 0.3) is 33.5 Å². The fourth-order valence-electron chi connectivity index (χ4n) is 3.04. The number of rotatable bonds is 3. The second-order valence-corrected chi connectivity index (χ2v) is 6.93. The Morgan fingerprint density at radius 2 is 1.85 bits per heavy atom. The van der Waals surface area contributed by atoms with E-state index in [1.807, 2.05) is 56.3 Å². The van der Waals surface area contributed by atoms with Gasteiger partial charge in [-0.05, 0) is 29.7 Å². The summed E-state index contributed by atoms with van der Waals surface area (Å²) in [6.07, 6.45) is 1.61. The first-order chi connectivity index (χ1) is 12.5. The third-order valence-electron chi connectivity index (χ3n) is 4.37. The molecule has 4 aromatic rings. The molecule has 0 radical (unpaired) electrons. The van der Waals surface area contributed by atoms with Gasteiger partial charge in [0.2, 0.25) is 5.89 Å². The van der Waals surface area contributed by atoms with Gasteiger partial charge in [0.05, 0.1) is 5.69 Å². The van der Waals surface area contributed by atoms with Gasteiger partial charge in [-0.3, -0.25) is 4.79 Å². The van der Waals surface area contributed by atoms with Crippen LogP contribution >= 0.6 is 11.6 Å². The molecule has 2 aromatic carbocycles. The van der Waals surface area contributed by atoms with Crippen molar-refractivity contribution in [2.45, 2.75) is 19.8 Å². The first kappa shape index (κ1) is 16.6. The molecule has 0 atom stereocenters. The summed E-state index contributed by atoms with van der Waals surface area (Å²) in [5, 5.41) is 1.45. The standard InChI is InChI=1S/C21H17ClN2O2/c1-12(2)17-11-26-21(24-17)19-18(13-6-4-3-5-7-13)15-10-14(22)8-9-16(15)23-20(19)25/h3-12H,1-2H3,(H,23,25). The SMILES string of the molecule is CC(C)c1coc(-c2c(-c3ccccc3)c3cc(Cl)ccc3[nH]c2=O)n1. The van der Waals surface area contributed by atoms with Crippen molar-refractivity contribution in [1.29, 1.82) is 0 Å². The van der Waals surface area contributed by atoms with Crippen molar-refractivity contribution in [3.05, 3.63) is 75.9 Å². The van der Waals surface area contributed by atoms with Gasteiger partial charge in [0.15, 0.2) is 0 Å². The Balaban J connectivity index is 2.11. The van der Waals surface area contributed by atoms with E-state index < -0.39 is 0 Å². The molecular weight excluding hydrogens is 348 g/mol. The van der Waals surface area contributed by atoms with Crippen molar-refractivity contribution in [3.8, 4) is 22.6 Å². The third kappa shape index (κ3) is 2.82. The Morgan fingerprint density at radius 1 is 1.08 bits per heavy atom.